The molecule has 1 aromatic carbocycles. The molecule has 0 aliphatic rings. The molecule has 0 aliphatic carbocycles. The van der Waals surface area contributed by atoms with Gasteiger partial charge in [-0.2, -0.15) is 0 Å². The number of benzene rings is 1. The van der Waals surface area contributed by atoms with Crippen LogP contribution in [0.5, 0.6) is 11.5 Å². The van der Waals surface area contributed by atoms with Gasteiger partial charge in [-0.3, -0.25) is 4.79 Å². The Kier molecular flexibility index (Phi) is 2.69. The first-order chi connectivity index (χ1) is 5.81. The van der Waals surface area contributed by atoms with Gasteiger partial charge in [-0.25, -0.2) is 0 Å². The van der Waals surface area contributed by atoms with Crippen LogP contribution in [0.15, 0.2) is 18.2 Å². The summed E-state index contributed by atoms with van der Waals surface area (Å²) in [4.78, 5) is 10.3. The van der Waals surface area contributed by atoms with Gasteiger partial charge in [-0.15, -0.1) is 0 Å². The molecule has 0 atom stereocenters. The van der Waals surface area contributed by atoms with Crippen LogP contribution in [0.25, 0.3) is 0 Å². The molecule has 0 spiro atoms. The van der Waals surface area contributed by atoms with E-state index in [4.69, 9.17) is 9.47 Å². The van der Waals surface area contributed by atoms with E-state index in [2.05, 4.69) is 0 Å². The van der Waals surface area contributed by atoms with Crippen LogP contribution in [0.1, 0.15) is 5.56 Å². The second-order valence-corrected chi connectivity index (χ2v) is 2.17. The molecule has 1 aromatic rings. The van der Waals surface area contributed by atoms with Gasteiger partial charge in [0.05, 0.1) is 14.2 Å². The van der Waals surface area contributed by atoms with E-state index < -0.39 is 0 Å². The molecular formula is C9H9O3. The lowest BCUT2D eigenvalue weighted by molar-refractivity contribution is 0.355. The highest BCUT2D eigenvalue weighted by Crippen LogP contribution is 2.26. The van der Waals surface area contributed by atoms with Crippen molar-refractivity contribution in [2.24, 2.45) is 0 Å². The largest absolute Gasteiger partial charge is 0.493 e. The summed E-state index contributed by atoms with van der Waals surface area (Å²) in [7, 11) is 3.06. The minimum atomic E-state index is 0.452. The van der Waals surface area contributed by atoms with E-state index in [0.717, 1.165) is 0 Å². The van der Waals surface area contributed by atoms with Crippen LogP contribution in [0.4, 0.5) is 0 Å². The highest BCUT2D eigenvalue weighted by Gasteiger charge is 2.03. The first kappa shape index (κ1) is 8.59. The van der Waals surface area contributed by atoms with E-state index in [9.17, 15) is 4.79 Å². The zero-order chi connectivity index (χ0) is 8.97. The van der Waals surface area contributed by atoms with Crippen molar-refractivity contribution in [1.82, 2.24) is 0 Å². The van der Waals surface area contributed by atoms with Crippen molar-refractivity contribution >= 4 is 6.29 Å². The fourth-order valence-electron chi connectivity index (χ4n) is 0.900. The molecule has 0 N–H and O–H groups in total. The number of ether oxygens (including phenoxy) is 2. The molecule has 3 heteroatoms. The average Bonchev–Trinajstić information content (AvgIpc) is 2.16. The van der Waals surface area contributed by atoms with Gasteiger partial charge in [-0.05, 0) is 18.2 Å². The van der Waals surface area contributed by atoms with Gasteiger partial charge in [0.15, 0.2) is 11.5 Å². The maximum absolute atomic E-state index is 10.3. The molecule has 0 fully saturated rings. The van der Waals surface area contributed by atoms with Crippen molar-refractivity contribution in [3.63, 3.8) is 0 Å². The Morgan fingerprint density at radius 1 is 1.17 bits per heavy atom. The van der Waals surface area contributed by atoms with Crippen LogP contribution >= 0.6 is 0 Å². The third-order valence-corrected chi connectivity index (χ3v) is 1.50. The zero-order valence-electron chi connectivity index (χ0n) is 6.96. The molecule has 0 heterocycles. The number of carbonyl (C=O) groups excluding carboxylic acids is 1. The summed E-state index contributed by atoms with van der Waals surface area (Å²) in [5.74, 6) is 1.15. The number of methoxy groups -OCH3 is 2. The molecule has 1 rings (SSSR count). The van der Waals surface area contributed by atoms with E-state index in [1.54, 1.807) is 31.6 Å². The van der Waals surface area contributed by atoms with E-state index in [-0.39, 0.29) is 0 Å². The topological polar surface area (TPSA) is 35.5 Å². The molecule has 0 amide bonds. The third kappa shape index (κ3) is 1.56. The standard InChI is InChI=1S/C9H9O3/c1-11-8-4-3-7(6-10)5-9(8)12-2/h3-5H,1-2H3. The van der Waals surface area contributed by atoms with Crippen molar-refractivity contribution in [2.75, 3.05) is 14.2 Å². The zero-order valence-corrected chi connectivity index (χ0v) is 6.96. The molecule has 63 valence electrons. The van der Waals surface area contributed by atoms with E-state index in [0.29, 0.717) is 17.1 Å². The van der Waals surface area contributed by atoms with Gasteiger partial charge < -0.3 is 9.47 Å². The molecule has 1 radical (unpaired) electrons. The van der Waals surface area contributed by atoms with Gasteiger partial charge in [0.2, 0.25) is 6.29 Å². The van der Waals surface area contributed by atoms with Gasteiger partial charge in [0, 0.05) is 5.56 Å². The minimum Gasteiger partial charge on any atom is -0.493 e. The highest BCUT2D eigenvalue weighted by molar-refractivity contribution is 5.76. The molecule has 3 nitrogen and oxygen atoms in total. The Hall–Kier alpha value is -1.51. The van der Waals surface area contributed by atoms with Crippen molar-refractivity contribution in [1.29, 1.82) is 0 Å². The summed E-state index contributed by atoms with van der Waals surface area (Å²) < 4.78 is 9.96. The lowest BCUT2D eigenvalue weighted by Gasteiger charge is -2.06. The molecule has 0 bridgehead atoms. The Morgan fingerprint density at radius 2 is 1.83 bits per heavy atom. The molecule has 0 saturated carbocycles. The van der Waals surface area contributed by atoms with Gasteiger partial charge in [-0.1, -0.05) is 0 Å². The quantitative estimate of drug-likeness (QED) is 0.674. The first-order valence-electron chi connectivity index (χ1n) is 3.42. The van der Waals surface area contributed by atoms with Crippen molar-refractivity contribution in [3.05, 3.63) is 23.8 Å². The maximum Gasteiger partial charge on any atom is 0.233 e. The highest BCUT2D eigenvalue weighted by atomic mass is 16.5. The fraction of sp³-hybridized carbons (Fsp3) is 0.222. The fourth-order valence-corrected chi connectivity index (χ4v) is 0.900. The lowest BCUT2D eigenvalue weighted by atomic mass is 10.2. The Bertz CT molecular complexity index is 281. The van der Waals surface area contributed by atoms with Crippen LogP contribution in [-0.2, 0) is 4.79 Å². The monoisotopic (exact) mass is 165 g/mol. The van der Waals surface area contributed by atoms with Crippen molar-refractivity contribution < 1.29 is 14.3 Å². The molecular weight excluding hydrogens is 156 g/mol. The summed E-state index contributed by atoms with van der Waals surface area (Å²) in [5.41, 5.74) is 0.452. The normalized spacial score (nSPS) is 9.17. The Balaban J connectivity index is 3.10. The predicted molar refractivity (Wildman–Crippen MR) is 44.3 cm³/mol. The van der Waals surface area contributed by atoms with E-state index in [1.165, 1.54) is 7.11 Å². The number of hydrogen-bond donors (Lipinski definition) is 0. The van der Waals surface area contributed by atoms with E-state index in [1.807, 2.05) is 0 Å². The first-order valence-corrected chi connectivity index (χ1v) is 3.42. The Labute approximate surface area is 70.9 Å². The predicted octanol–water partition coefficient (Wildman–Crippen LogP) is 1.16. The molecule has 0 saturated heterocycles. The van der Waals surface area contributed by atoms with Crippen LogP contribution in [0.2, 0.25) is 0 Å². The summed E-state index contributed by atoms with van der Waals surface area (Å²) in [6.45, 7) is 0. The number of rotatable bonds is 3. The second-order valence-electron chi connectivity index (χ2n) is 2.17. The molecule has 12 heavy (non-hydrogen) atoms. The van der Waals surface area contributed by atoms with Gasteiger partial charge in [0.25, 0.3) is 0 Å². The molecule has 0 aliphatic heterocycles. The summed E-state index contributed by atoms with van der Waals surface area (Å²) >= 11 is 0. The number of hydrogen-bond acceptors (Lipinski definition) is 3. The molecule has 0 unspecified atom stereocenters. The van der Waals surface area contributed by atoms with Gasteiger partial charge in [0.1, 0.15) is 0 Å². The van der Waals surface area contributed by atoms with Gasteiger partial charge >= 0.3 is 0 Å². The third-order valence-electron chi connectivity index (χ3n) is 1.50. The second kappa shape index (κ2) is 3.76. The molecule has 0 aromatic heterocycles. The lowest BCUT2D eigenvalue weighted by Crippen LogP contribution is -1.91. The smallest absolute Gasteiger partial charge is 0.233 e. The minimum absolute atomic E-state index is 0.452. The van der Waals surface area contributed by atoms with E-state index >= 15 is 0 Å². The Morgan fingerprint density at radius 3 is 2.33 bits per heavy atom. The summed E-state index contributed by atoms with van der Waals surface area (Å²) in [5, 5.41) is 0. The summed E-state index contributed by atoms with van der Waals surface area (Å²) in [6, 6.07) is 4.86. The van der Waals surface area contributed by atoms with Crippen LogP contribution < -0.4 is 9.47 Å². The van der Waals surface area contributed by atoms with Crippen LogP contribution in [-0.4, -0.2) is 20.5 Å². The van der Waals surface area contributed by atoms with Crippen molar-refractivity contribution in [2.45, 2.75) is 0 Å². The maximum atomic E-state index is 10.3. The average molecular weight is 165 g/mol. The van der Waals surface area contributed by atoms with Crippen molar-refractivity contribution in [3.8, 4) is 11.5 Å². The van der Waals surface area contributed by atoms with Crippen LogP contribution in [0, 0.1) is 0 Å². The summed E-state index contributed by atoms with van der Waals surface area (Å²) in [6.07, 6.45) is 1.77. The van der Waals surface area contributed by atoms with Crippen LogP contribution in [0.3, 0.4) is 0 Å². The SMILES string of the molecule is COc1ccc([C]=O)cc1OC.